The first-order valence-electron chi connectivity index (χ1n) is 11.0. The molecule has 0 fully saturated rings. The number of allylic oxidation sites excluding steroid dienone is 2. The maximum atomic E-state index is 14.0. The summed E-state index contributed by atoms with van der Waals surface area (Å²) in [5.74, 6) is -2.00. The molecular formula is C25H24BrF3N2O3S. The first-order valence-corrected chi connectivity index (χ1v) is 12.6. The Morgan fingerprint density at radius 1 is 1.23 bits per heavy atom. The van der Waals surface area contributed by atoms with Crippen LogP contribution in [0.15, 0.2) is 62.8 Å². The van der Waals surface area contributed by atoms with Crippen LogP contribution in [-0.2, 0) is 20.5 Å². The monoisotopic (exact) mass is 568 g/mol. The number of Topliss-reactive ketones (excluding diaryl/α,β-unsaturated/α-hetero) is 1. The van der Waals surface area contributed by atoms with Gasteiger partial charge in [-0.25, -0.2) is 4.79 Å². The zero-order valence-corrected chi connectivity index (χ0v) is 21.7. The van der Waals surface area contributed by atoms with E-state index in [0.717, 1.165) is 9.85 Å². The van der Waals surface area contributed by atoms with Crippen molar-refractivity contribution in [2.24, 2.45) is 11.1 Å². The van der Waals surface area contributed by atoms with Gasteiger partial charge < -0.3 is 10.5 Å². The van der Waals surface area contributed by atoms with Crippen molar-refractivity contribution in [2.45, 2.75) is 45.7 Å². The number of anilines is 1. The molecule has 1 aliphatic heterocycles. The smallest absolute Gasteiger partial charge is 0.418 e. The molecule has 2 aliphatic rings. The van der Waals surface area contributed by atoms with E-state index in [1.807, 2.05) is 13.8 Å². The fourth-order valence-corrected chi connectivity index (χ4v) is 6.31. The number of benzene rings is 1. The predicted octanol–water partition coefficient (Wildman–Crippen LogP) is 6.51. The lowest BCUT2D eigenvalue weighted by atomic mass is 9.69. The van der Waals surface area contributed by atoms with Crippen molar-refractivity contribution in [2.75, 3.05) is 11.5 Å². The average molecular weight is 569 g/mol. The van der Waals surface area contributed by atoms with Crippen molar-refractivity contribution in [1.82, 2.24) is 0 Å². The summed E-state index contributed by atoms with van der Waals surface area (Å²) in [6, 6.07) is 8.60. The van der Waals surface area contributed by atoms with Crippen LogP contribution in [0.3, 0.4) is 0 Å². The van der Waals surface area contributed by atoms with Crippen molar-refractivity contribution in [3.05, 3.63) is 73.3 Å². The lowest BCUT2D eigenvalue weighted by Gasteiger charge is -2.44. The number of nitrogens with zero attached hydrogens (tertiary/aromatic N) is 1. The third kappa shape index (κ3) is 4.65. The van der Waals surface area contributed by atoms with Crippen LogP contribution in [0.1, 0.15) is 50.0 Å². The van der Waals surface area contributed by atoms with E-state index in [-0.39, 0.29) is 41.5 Å². The maximum Gasteiger partial charge on any atom is 0.418 e. The lowest BCUT2D eigenvalue weighted by Crippen LogP contribution is -2.44. The number of hydrogen-bond acceptors (Lipinski definition) is 6. The molecule has 10 heteroatoms. The standard InChI is InChI=1S/C25H24BrF3N2O3S/c1-4-34-23(33)21-20(17-9-10-18(26)35-17)19-15(11-24(2,3)12-16(19)32)31(22(21)30)14-8-6-5-7-13(14)25(27,28)29/h5-10,20H,4,11-12,30H2,1-3H3. The van der Waals surface area contributed by atoms with Gasteiger partial charge in [0.2, 0.25) is 0 Å². The van der Waals surface area contributed by atoms with Crippen LogP contribution in [0.4, 0.5) is 18.9 Å². The molecule has 1 aliphatic carbocycles. The lowest BCUT2D eigenvalue weighted by molar-refractivity contribution is -0.139. The van der Waals surface area contributed by atoms with Crippen molar-refractivity contribution in [1.29, 1.82) is 0 Å². The molecule has 2 N–H and O–H groups in total. The third-order valence-electron chi connectivity index (χ3n) is 6.08. The summed E-state index contributed by atoms with van der Waals surface area (Å²) in [4.78, 5) is 28.7. The topological polar surface area (TPSA) is 72.6 Å². The second-order valence-electron chi connectivity index (χ2n) is 9.25. The highest BCUT2D eigenvalue weighted by Crippen LogP contribution is 2.53. The molecule has 0 bridgehead atoms. The van der Waals surface area contributed by atoms with E-state index in [9.17, 15) is 22.8 Å². The van der Waals surface area contributed by atoms with Gasteiger partial charge in [0.25, 0.3) is 0 Å². The highest BCUT2D eigenvalue weighted by Gasteiger charge is 2.48. The van der Waals surface area contributed by atoms with Gasteiger partial charge in [0.1, 0.15) is 5.82 Å². The Morgan fingerprint density at radius 2 is 1.91 bits per heavy atom. The van der Waals surface area contributed by atoms with Gasteiger partial charge in [-0.3, -0.25) is 9.69 Å². The number of ether oxygens (including phenoxy) is 1. The minimum Gasteiger partial charge on any atom is -0.463 e. The summed E-state index contributed by atoms with van der Waals surface area (Å²) >= 11 is 4.75. The first-order chi connectivity index (χ1) is 16.4. The van der Waals surface area contributed by atoms with Crippen molar-refractivity contribution in [3.8, 4) is 0 Å². The van der Waals surface area contributed by atoms with E-state index in [0.29, 0.717) is 17.0 Å². The van der Waals surface area contributed by atoms with E-state index in [2.05, 4.69) is 15.9 Å². The Labute approximate surface area is 213 Å². The molecule has 1 unspecified atom stereocenters. The highest BCUT2D eigenvalue weighted by atomic mass is 79.9. The molecule has 1 atom stereocenters. The summed E-state index contributed by atoms with van der Waals surface area (Å²) in [5, 5.41) is 0. The number of halogens is 4. The molecule has 0 saturated carbocycles. The molecule has 186 valence electrons. The Kier molecular flexibility index (Phi) is 6.65. The summed E-state index contributed by atoms with van der Waals surface area (Å²) < 4.78 is 48.2. The molecule has 2 aromatic rings. The van der Waals surface area contributed by atoms with E-state index in [4.69, 9.17) is 10.5 Å². The molecule has 4 rings (SSSR count). The number of carbonyl (C=O) groups excluding carboxylic acids is 2. The van der Waals surface area contributed by atoms with E-state index < -0.39 is 29.0 Å². The molecule has 0 radical (unpaired) electrons. The minimum absolute atomic E-state index is 0.0371. The molecule has 5 nitrogen and oxygen atoms in total. The van der Waals surface area contributed by atoms with Crippen LogP contribution in [-0.4, -0.2) is 18.4 Å². The summed E-state index contributed by atoms with van der Waals surface area (Å²) in [6.45, 7) is 5.45. The molecule has 0 amide bonds. The number of rotatable bonds is 4. The van der Waals surface area contributed by atoms with Gasteiger partial charge in [-0.15, -0.1) is 11.3 Å². The molecule has 0 saturated heterocycles. The highest BCUT2D eigenvalue weighted by molar-refractivity contribution is 9.11. The molecule has 1 aromatic carbocycles. The van der Waals surface area contributed by atoms with Crippen LogP contribution in [0, 0.1) is 5.41 Å². The molecule has 1 aromatic heterocycles. The molecule has 2 heterocycles. The molecular weight excluding hydrogens is 545 g/mol. The Bertz CT molecular complexity index is 1260. The number of carbonyl (C=O) groups is 2. The average Bonchev–Trinajstić information content (AvgIpc) is 3.17. The predicted molar refractivity (Wildman–Crippen MR) is 132 cm³/mol. The first kappa shape index (κ1) is 25.5. The van der Waals surface area contributed by atoms with Crippen molar-refractivity contribution >= 4 is 44.7 Å². The maximum absolute atomic E-state index is 14.0. The van der Waals surface area contributed by atoms with E-state index in [1.165, 1.54) is 34.4 Å². The minimum atomic E-state index is -4.68. The second kappa shape index (κ2) is 9.13. The number of esters is 1. The molecule has 0 spiro atoms. The SMILES string of the molecule is CCOC(=O)C1=C(N)N(c2ccccc2C(F)(F)F)C2=C(C(=O)CC(C)(C)C2)C1c1ccc(Br)s1. The van der Waals surface area contributed by atoms with Gasteiger partial charge in [-0.2, -0.15) is 13.2 Å². The normalized spacial score (nSPS) is 20.3. The number of alkyl halides is 3. The van der Waals surface area contributed by atoms with Gasteiger partial charge >= 0.3 is 12.1 Å². The van der Waals surface area contributed by atoms with Crippen molar-refractivity contribution < 1.29 is 27.5 Å². The van der Waals surface area contributed by atoms with Gasteiger partial charge in [-0.05, 0) is 59.0 Å². The summed E-state index contributed by atoms with van der Waals surface area (Å²) in [6.07, 6.45) is -4.18. The zero-order chi connectivity index (χ0) is 25.7. The van der Waals surface area contributed by atoms with Crippen LogP contribution < -0.4 is 10.6 Å². The van der Waals surface area contributed by atoms with Crippen LogP contribution in [0.25, 0.3) is 0 Å². The third-order valence-corrected chi connectivity index (χ3v) is 7.77. The molecule has 35 heavy (non-hydrogen) atoms. The fourth-order valence-electron chi connectivity index (χ4n) is 4.77. The Morgan fingerprint density at radius 3 is 2.51 bits per heavy atom. The quantitative estimate of drug-likeness (QED) is 0.425. The zero-order valence-electron chi connectivity index (χ0n) is 19.3. The van der Waals surface area contributed by atoms with Crippen molar-refractivity contribution in [3.63, 3.8) is 0 Å². The van der Waals surface area contributed by atoms with E-state index >= 15 is 0 Å². The van der Waals surface area contributed by atoms with Crippen LogP contribution in [0.5, 0.6) is 0 Å². The van der Waals surface area contributed by atoms with Gasteiger partial charge in [0.15, 0.2) is 5.78 Å². The number of para-hydroxylation sites is 1. The van der Waals surface area contributed by atoms with Gasteiger partial charge in [-0.1, -0.05) is 26.0 Å². The van der Waals surface area contributed by atoms with Gasteiger partial charge in [0, 0.05) is 22.6 Å². The second-order valence-corrected chi connectivity index (χ2v) is 11.7. The fraction of sp³-hybridized carbons (Fsp3) is 0.360. The largest absolute Gasteiger partial charge is 0.463 e. The van der Waals surface area contributed by atoms with E-state index in [1.54, 1.807) is 19.1 Å². The van der Waals surface area contributed by atoms with Gasteiger partial charge in [0.05, 0.1) is 33.1 Å². The number of nitrogens with two attached hydrogens (primary N) is 1. The summed E-state index contributed by atoms with van der Waals surface area (Å²) in [5.41, 5.74) is 5.53. The number of ketones is 1. The van der Waals surface area contributed by atoms with Crippen LogP contribution >= 0.6 is 27.3 Å². The number of thiophene rings is 1. The Hall–Kier alpha value is -2.59. The van der Waals surface area contributed by atoms with Crippen LogP contribution in [0.2, 0.25) is 0 Å². The number of hydrogen-bond donors (Lipinski definition) is 1. The Balaban J connectivity index is 2.07. The summed E-state index contributed by atoms with van der Waals surface area (Å²) in [7, 11) is 0.